The molecule has 8 bridgehead atoms. The Hall–Kier alpha value is -6.70. The van der Waals surface area contributed by atoms with Crippen LogP contribution in [0.1, 0.15) is 138 Å². The monoisotopic (exact) mass is 987 g/mol. The van der Waals surface area contributed by atoms with E-state index in [0.29, 0.717) is 0 Å². The summed E-state index contributed by atoms with van der Waals surface area (Å²) in [7, 11) is 2.66. The van der Waals surface area contributed by atoms with Crippen LogP contribution in [0.3, 0.4) is 0 Å². The molecular formula is C59H70N8O6. The van der Waals surface area contributed by atoms with Crippen molar-refractivity contribution in [2.24, 2.45) is 23.7 Å². The van der Waals surface area contributed by atoms with E-state index in [-0.39, 0.29) is 65.6 Å². The molecule has 4 aliphatic heterocycles. The largest absolute Gasteiger partial charge is 0.453 e. The predicted molar refractivity (Wildman–Crippen MR) is 282 cm³/mol. The molecular weight excluding hydrogens is 917 g/mol. The molecule has 14 heteroatoms. The molecule has 6 fully saturated rings. The third-order valence-corrected chi connectivity index (χ3v) is 17.3. The molecule has 5 atom stereocenters. The van der Waals surface area contributed by atoms with Gasteiger partial charge >= 0.3 is 12.2 Å². The van der Waals surface area contributed by atoms with Crippen LogP contribution < -0.4 is 10.6 Å². The van der Waals surface area contributed by atoms with E-state index in [0.717, 1.165) is 115 Å². The van der Waals surface area contributed by atoms with Crippen molar-refractivity contribution in [1.29, 1.82) is 0 Å². The van der Waals surface area contributed by atoms with Gasteiger partial charge in [0.25, 0.3) is 0 Å². The fourth-order valence-corrected chi connectivity index (χ4v) is 13.4. The van der Waals surface area contributed by atoms with E-state index in [1.807, 2.05) is 37.5 Å². The number of aryl methyl sites for hydroxylation is 2. The number of carbonyl (C=O) groups excluding carboxylic acids is 4. The van der Waals surface area contributed by atoms with E-state index in [1.54, 1.807) is 0 Å². The predicted octanol–water partition coefficient (Wildman–Crippen LogP) is 10.9. The maximum absolute atomic E-state index is 14.4. The lowest BCUT2D eigenvalue weighted by molar-refractivity contribution is -0.149. The van der Waals surface area contributed by atoms with E-state index in [1.165, 1.54) is 47.6 Å². The van der Waals surface area contributed by atoms with Gasteiger partial charge in [-0.3, -0.25) is 9.59 Å². The quantitative estimate of drug-likeness (QED) is 0.105. The van der Waals surface area contributed by atoms with Crippen LogP contribution in [0.15, 0.2) is 72.8 Å². The van der Waals surface area contributed by atoms with Crippen molar-refractivity contribution in [1.82, 2.24) is 40.4 Å². The maximum Gasteiger partial charge on any atom is 0.407 e. The summed E-state index contributed by atoms with van der Waals surface area (Å²) in [4.78, 5) is 75.5. The van der Waals surface area contributed by atoms with Gasteiger partial charge < -0.3 is 39.9 Å². The van der Waals surface area contributed by atoms with E-state index < -0.39 is 24.3 Å². The van der Waals surface area contributed by atoms with Gasteiger partial charge in [-0.2, -0.15) is 0 Å². The highest BCUT2D eigenvalue weighted by atomic mass is 16.5. The molecule has 0 unspecified atom stereocenters. The lowest BCUT2D eigenvalue weighted by atomic mass is 9.73. The van der Waals surface area contributed by atoms with Crippen LogP contribution in [-0.4, -0.2) is 92.1 Å². The van der Waals surface area contributed by atoms with Gasteiger partial charge in [0.2, 0.25) is 11.8 Å². The molecule has 6 aliphatic carbocycles. The minimum Gasteiger partial charge on any atom is -0.453 e. The van der Waals surface area contributed by atoms with Gasteiger partial charge in [-0.15, -0.1) is 0 Å². The molecule has 4 N–H and O–H groups in total. The molecule has 382 valence electrons. The van der Waals surface area contributed by atoms with E-state index in [2.05, 4.69) is 100 Å². The second-order valence-electron chi connectivity index (χ2n) is 22.5. The number of amides is 4. The van der Waals surface area contributed by atoms with Crippen molar-refractivity contribution < 1.29 is 28.7 Å². The lowest BCUT2D eigenvalue weighted by Gasteiger charge is -2.51. The molecule has 0 radical (unpaired) electrons. The van der Waals surface area contributed by atoms with Crippen LogP contribution in [0.5, 0.6) is 0 Å². The molecule has 2 aromatic heterocycles. The van der Waals surface area contributed by atoms with E-state index >= 15 is 0 Å². The third kappa shape index (κ3) is 9.02. The number of hydrogen-bond donors (Lipinski definition) is 4. The number of aromatic amines is 2. The van der Waals surface area contributed by atoms with Crippen LogP contribution >= 0.6 is 0 Å². The third-order valence-electron chi connectivity index (χ3n) is 17.3. The second-order valence-corrected chi connectivity index (χ2v) is 22.5. The Morgan fingerprint density at radius 3 is 1.55 bits per heavy atom. The van der Waals surface area contributed by atoms with Crippen LogP contribution in [0.25, 0.3) is 44.3 Å². The Bertz CT molecular complexity index is 3090. The molecule has 4 aromatic carbocycles. The fourth-order valence-electron chi connectivity index (χ4n) is 13.4. The molecule has 16 rings (SSSR count). The van der Waals surface area contributed by atoms with Gasteiger partial charge in [-0.05, 0) is 169 Å². The number of benzene rings is 4. The molecule has 10 aliphatic rings. The van der Waals surface area contributed by atoms with Gasteiger partial charge in [0, 0.05) is 12.1 Å². The van der Waals surface area contributed by atoms with Crippen LogP contribution in [0, 0.1) is 23.7 Å². The topological polar surface area (TPSA) is 175 Å². The molecule has 2 saturated carbocycles. The fraction of sp³-hybridized carbons (Fsp3) is 0.492. The molecule has 14 nitrogen and oxygen atoms in total. The van der Waals surface area contributed by atoms with E-state index in [9.17, 15) is 19.2 Å². The Morgan fingerprint density at radius 2 is 1.07 bits per heavy atom. The smallest absolute Gasteiger partial charge is 0.407 e. The maximum atomic E-state index is 14.4. The van der Waals surface area contributed by atoms with Crippen LogP contribution in [0.4, 0.5) is 9.59 Å². The number of fused-ring (bicyclic) bond motifs is 8. The minimum atomic E-state index is -0.693. The molecule has 6 aromatic rings. The second kappa shape index (κ2) is 19.6. The van der Waals surface area contributed by atoms with Gasteiger partial charge in [-0.1, -0.05) is 83.1 Å². The first-order chi connectivity index (χ1) is 35.3. The number of alkyl carbamates (subject to hydrolysis) is 2. The van der Waals surface area contributed by atoms with Crippen molar-refractivity contribution in [2.45, 2.75) is 147 Å². The number of H-pyrrole nitrogens is 2. The Balaban J connectivity index is 0.865. The summed E-state index contributed by atoms with van der Waals surface area (Å²) in [6.45, 7) is 10.1. The normalized spacial score (nSPS) is 24.2. The molecule has 4 amide bonds. The number of carbonyl (C=O) groups is 4. The zero-order valence-corrected chi connectivity index (χ0v) is 43.3. The first kappa shape index (κ1) is 48.6. The summed E-state index contributed by atoms with van der Waals surface area (Å²) in [5, 5.41) is 5.65. The summed E-state index contributed by atoms with van der Waals surface area (Å²) < 4.78 is 9.84. The van der Waals surface area contributed by atoms with Gasteiger partial charge in [0.05, 0.1) is 48.4 Å². The first-order valence-corrected chi connectivity index (χ1v) is 26.8. The number of aromatic nitrogens is 4. The number of ether oxygens (including phenoxy) is 2. The highest BCUT2D eigenvalue weighted by molar-refractivity contribution is 5.89. The average Bonchev–Trinajstić information content (AvgIpc) is 4.04. The number of hydrogen-bond acceptors (Lipinski definition) is 8. The standard InChI is InChI=1S/C59H70N8O6/c1-31(2)50(64-58(70)72-6)56(68)66-42-20-14-36(15-21-42)52(66)54-60-46-24-18-40(29-48(46)62-54)44-27-34-8-10-35-12-13-38(33(5)26-39(44)11-9-34)28-45(35)41-19-25-47-49(30-41)63-55(61-47)53-37-16-22-43(23-17-37)67(53)57(69)51(32(3)4)65-59(71)73-7/h9,11-13,18-19,24-25,27-33,36-37,42-43,50-53H,8,10,14-17,20-23,26H2,1-7H3,(H,60,62)(H,61,63)(H,64,70)(H,65,71)/t33-,36?,37?,42?,43?,50+,51+,52+,53+/m1/s1. The number of nitrogens with one attached hydrogen (secondary N) is 4. The summed E-state index contributed by atoms with van der Waals surface area (Å²) in [5.41, 5.74) is 13.5. The zero-order chi connectivity index (χ0) is 50.8. The van der Waals surface area contributed by atoms with Gasteiger partial charge in [-0.25, -0.2) is 19.6 Å². The Morgan fingerprint density at radius 1 is 0.589 bits per heavy atom. The number of imidazole rings is 2. The van der Waals surface area contributed by atoms with Crippen molar-refractivity contribution in [3.8, 4) is 22.3 Å². The minimum absolute atomic E-state index is 0.0729. The highest BCUT2D eigenvalue weighted by Crippen LogP contribution is 2.49. The Kier molecular flexibility index (Phi) is 13.1. The number of methoxy groups -OCH3 is 2. The summed E-state index contributed by atoms with van der Waals surface area (Å²) >= 11 is 0. The first-order valence-electron chi connectivity index (χ1n) is 26.8. The lowest BCUT2D eigenvalue weighted by Crippen LogP contribution is -2.59. The number of piperidine rings is 4. The van der Waals surface area contributed by atoms with Crippen molar-refractivity contribution in [3.63, 3.8) is 0 Å². The van der Waals surface area contributed by atoms with Crippen molar-refractivity contribution >= 4 is 46.1 Å². The Labute approximate surface area is 427 Å². The van der Waals surface area contributed by atoms with E-state index in [4.69, 9.17) is 19.4 Å². The zero-order valence-electron chi connectivity index (χ0n) is 43.3. The van der Waals surface area contributed by atoms with Crippen molar-refractivity contribution in [3.05, 3.63) is 107 Å². The molecule has 4 saturated heterocycles. The molecule has 6 heterocycles. The average molecular weight is 987 g/mol. The summed E-state index contributed by atoms with van der Waals surface area (Å²) in [6.07, 6.45) is 9.37. The summed E-state index contributed by atoms with van der Waals surface area (Å²) in [6, 6.07) is 25.5. The number of rotatable bonds is 10. The highest BCUT2D eigenvalue weighted by Gasteiger charge is 2.50. The van der Waals surface area contributed by atoms with Crippen LogP contribution in [0.2, 0.25) is 0 Å². The van der Waals surface area contributed by atoms with Crippen molar-refractivity contribution in [2.75, 3.05) is 14.2 Å². The van der Waals surface area contributed by atoms with Gasteiger partial charge in [0.1, 0.15) is 23.7 Å². The van der Waals surface area contributed by atoms with Gasteiger partial charge in [0.15, 0.2) is 0 Å². The van der Waals surface area contributed by atoms with Crippen LogP contribution in [-0.2, 0) is 38.3 Å². The molecule has 73 heavy (non-hydrogen) atoms. The summed E-state index contributed by atoms with van der Waals surface area (Å²) in [5.74, 6) is 2.05. The SMILES string of the molecule is COC(=O)N[C@H](C(=O)N1C2CCC(CC2)[C@H]1c1nc2cc(-c3cc4ccc3CCc3ccc(c(-c5ccc6[nH]c([C@@H]7C8CCC(CC8)N7C(=O)[C@@H](NC(=O)OC)C(C)C)nc6c5)c3)C[C@H]4C)ccc2[nH]1)C(C)C. The number of nitrogens with zero attached hydrogens (tertiary/aromatic N) is 4. The molecule has 0 spiro atoms.